The molecule has 4 aliphatic carbocycles. The highest BCUT2D eigenvalue weighted by Crippen LogP contribution is 2.70. The van der Waals surface area contributed by atoms with Gasteiger partial charge in [-0.3, -0.25) is 0 Å². The smallest absolute Gasteiger partial charge is 0.331 e. The molecule has 0 aromatic rings. The number of rotatable bonds is 5. The third-order valence-electron chi connectivity index (χ3n) is 14.0. The second-order valence-corrected chi connectivity index (χ2v) is 16.1. The van der Waals surface area contributed by atoms with Crippen LogP contribution in [0.5, 0.6) is 0 Å². The van der Waals surface area contributed by atoms with Crippen molar-refractivity contribution in [3.8, 4) is 0 Å². The van der Waals surface area contributed by atoms with Gasteiger partial charge in [0, 0.05) is 24.3 Å². The van der Waals surface area contributed by atoms with Crippen LogP contribution in [0.1, 0.15) is 91.9 Å². The van der Waals surface area contributed by atoms with E-state index in [-0.39, 0.29) is 54.7 Å². The molecular formula is C35H54O11. The average molecular weight is 651 g/mol. The zero-order valence-corrected chi connectivity index (χ0v) is 27.6. The molecule has 0 amide bonds. The maximum atomic E-state index is 12.5. The summed E-state index contributed by atoms with van der Waals surface area (Å²) in [5.41, 5.74) is -0.819. The Bertz CT molecular complexity index is 1170. The Hall–Kier alpha value is -1.15. The predicted molar refractivity (Wildman–Crippen MR) is 163 cm³/mol. The lowest BCUT2D eigenvalue weighted by Crippen LogP contribution is -2.67. The fourth-order valence-corrected chi connectivity index (χ4v) is 11.3. The standard InChI is InChI=1S/C35H54O11/c1-17-31(40)25(36)14-30(43-17)46-32-18(2)44-29(15-26(32)37)45-21-7-9-33(3)20(12-21)5-6-23-24(33)13-27(38)34(4)22(8-10-35(23,34)41)19-11-28(39)42-16-19/h11,17-18,20-27,29-32,36-38,40-41H,5-10,12-16H2,1-4H3/t17?,18?,20-,21+,22-,23-,24+,25-,26-,27-,29+,30-,31?,32?,33+,34+,35+/m1/s1. The van der Waals surface area contributed by atoms with Gasteiger partial charge in [0.1, 0.15) is 18.8 Å². The number of carbonyl (C=O) groups is 1. The first-order valence-electron chi connectivity index (χ1n) is 17.7. The maximum Gasteiger partial charge on any atom is 0.331 e. The number of aliphatic hydroxyl groups excluding tert-OH is 4. The maximum absolute atomic E-state index is 12.5. The molecule has 0 spiro atoms. The Morgan fingerprint density at radius 1 is 0.826 bits per heavy atom. The van der Waals surface area contributed by atoms with E-state index in [0.29, 0.717) is 18.8 Å². The Labute approximate surface area is 271 Å². The summed E-state index contributed by atoms with van der Waals surface area (Å²) in [4.78, 5) is 11.9. The molecule has 7 rings (SSSR count). The molecule has 4 saturated carbocycles. The van der Waals surface area contributed by atoms with E-state index < -0.39 is 66.3 Å². The van der Waals surface area contributed by atoms with Crippen molar-refractivity contribution in [1.82, 2.24) is 0 Å². The van der Waals surface area contributed by atoms with Crippen LogP contribution in [-0.4, -0.2) is 105 Å². The van der Waals surface area contributed by atoms with E-state index in [1.807, 2.05) is 13.8 Å². The van der Waals surface area contributed by atoms with E-state index in [9.17, 15) is 30.3 Å². The molecule has 6 fully saturated rings. The molecule has 260 valence electrons. The number of cyclic esters (lactones) is 1. The van der Waals surface area contributed by atoms with Crippen LogP contribution in [0, 0.1) is 34.5 Å². The minimum Gasteiger partial charge on any atom is -0.458 e. The van der Waals surface area contributed by atoms with Gasteiger partial charge in [-0.15, -0.1) is 0 Å². The number of hydrogen-bond acceptors (Lipinski definition) is 11. The number of aliphatic hydroxyl groups is 5. The molecule has 3 heterocycles. The van der Waals surface area contributed by atoms with Gasteiger partial charge in [-0.25, -0.2) is 4.79 Å². The predicted octanol–water partition coefficient (Wildman–Crippen LogP) is 2.34. The third-order valence-corrected chi connectivity index (χ3v) is 14.0. The van der Waals surface area contributed by atoms with Gasteiger partial charge in [-0.05, 0) is 99.9 Å². The summed E-state index contributed by atoms with van der Waals surface area (Å²) in [5, 5.41) is 55.4. The van der Waals surface area contributed by atoms with Crippen molar-refractivity contribution in [2.24, 2.45) is 34.5 Å². The van der Waals surface area contributed by atoms with E-state index in [1.165, 1.54) is 0 Å². The van der Waals surface area contributed by atoms with Crippen molar-refractivity contribution in [3.63, 3.8) is 0 Å². The molecule has 5 N–H and O–H groups in total. The van der Waals surface area contributed by atoms with Crippen LogP contribution in [0.2, 0.25) is 0 Å². The SMILES string of the molecule is CC1O[C@H](OC2C(C)O[C@@H](O[C@H]3CC[C@@]4(C)[C@H](CC[C@@H]5[C@@H]4C[C@@H](O)[C@]4(C)[C@@H](C6=CC(=O)OC6)CC[C@]54O)C3)C[C@H]2O)C[C@@H](O)C1O. The summed E-state index contributed by atoms with van der Waals surface area (Å²) in [7, 11) is 0. The van der Waals surface area contributed by atoms with Crippen LogP contribution in [-0.2, 0) is 28.5 Å². The molecule has 0 aromatic heterocycles. The first-order chi connectivity index (χ1) is 21.7. The van der Waals surface area contributed by atoms with E-state index in [4.69, 9.17) is 23.7 Å². The molecule has 0 bridgehead atoms. The minimum atomic E-state index is -0.993. The Kier molecular flexibility index (Phi) is 8.71. The van der Waals surface area contributed by atoms with Crippen LogP contribution < -0.4 is 0 Å². The molecule has 11 heteroatoms. The Morgan fingerprint density at radius 3 is 2.24 bits per heavy atom. The van der Waals surface area contributed by atoms with E-state index >= 15 is 0 Å². The van der Waals surface area contributed by atoms with Gasteiger partial charge in [-0.1, -0.05) is 13.8 Å². The normalized spacial score (nSPS) is 55.6. The fourth-order valence-electron chi connectivity index (χ4n) is 11.3. The van der Waals surface area contributed by atoms with Gasteiger partial charge in [0.25, 0.3) is 0 Å². The van der Waals surface area contributed by atoms with E-state index in [1.54, 1.807) is 13.0 Å². The Morgan fingerprint density at radius 2 is 1.54 bits per heavy atom. The molecule has 2 saturated heterocycles. The van der Waals surface area contributed by atoms with Gasteiger partial charge in [-0.2, -0.15) is 0 Å². The average Bonchev–Trinajstić information content (AvgIpc) is 3.55. The van der Waals surface area contributed by atoms with Crippen molar-refractivity contribution in [2.45, 2.75) is 159 Å². The summed E-state index contributed by atoms with van der Waals surface area (Å²) >= 11 is 0. The summed E-state index contributed by atoms with van der Waals surface area (Å²) < 4.78 is 29.7. The van der Waals surface area contributed by atoms with Gasteiger partial charge in [0.05, 0.1) is 42.2 Å². The van der Waals surface area contributed by atoms with E-state index in [2.05, 4.69) is 6.92 Å². The second-order valence-electron chi connectivity index (χ2n) is 16.1. The fraction of sp³-hybridized carbons (Fsp3) is 0.914. The first-order valence-corrected chi connectivity index (χ1v) is 17.7. The third kappa shape index (κ3) is 5.22. The minimum absolute atomic E-state index is 0.0137. The van der Waals surface area contributed by atoms with Crippen LogP contribution in [0.15, 0.2) is 11.6 Å². The lowest BCUT2D eigenvalue weighted by molar-refractivity contribution is -0.318. The lowest BCUT2D eigenvalue weighted by atomic mass is 9.42. The van der Waals surface area contributed by atoms with Crippen LogP contribution >= 0.6 is 0 Å². The number of esters is 1. The monoisotopic (exact) mass is 650 g/mol. The molecule has 0 aromatic carbocycles. The quantitative estimate of drug-likeness (QED) is 0.219. The van der Waals surface area contributed by atoms with Gasteiger partial charge >= 0.3 is 5.97 Å². The van der Waals surface area contributed by atoms with Crippen LogP contribution in [0.25, 0.3) is 0 Å². The number of ether oxygens (including phenoxy) is 5. The van der Waals surface area contributed by atoms with Crippen molar-refractivity contribution in [1.29, 1.82) is 0 Å². The van der Waals surface area contributed by atoms with Gasteiger partial charge in [0.15, 0.2) is 12.6 Å². The van der Waals surface area contributed by atoms with Gasteiger partial charge in [0.2, 0.25) is 0 Å². The van der Waals surface area contributed by atoms with Crippen molar-refractivity contribution in [3.05, 3.63) is 11.6 Å². The summed E-state index contributed by atoms with van der Waals surface area (Å²) in [6.45, 7) is 8.18. The molecule has 3 aliphatic heterocycles. The van der Waals surface area contributed by atoms with Crippen molar-refractivity contribution < 1.29 is 54.0 Å². The lowest BCUT2D eigenvalue weighted by Gasteiger charge is -2.65. The van der Waals surface area contributed by atoms with Crippen LogP contribution in [0.3, 0.4) is 0 Å². The topological polar surface area (TPSA) is 164 Å². The summed E-state index contributed by atoms with van der Waals surface area (Å²) in [6, 6.07) is 0. The molecule has 4 unspecified atom stereocenters. The van der Waals surface area contributed by atoms with Gasteiger partial charge < -0.3 is 49.2 Å². The number of fused-ring (bicyclic) bond motifs is 5. The number of carbonyl (C=O) groups excluding carboxylic acids is 1. The molecule has 7 aliphatic rings. The van der Waals surface area contributed by atoms with Crippen LogP contribution in [0.4, 0.5) is 0 Å². The van der Waals surface area contributed by atoms with Crippen molar-refractivity contribution >= 4 is 5.97 Å². The zero-order chi connectivity index (χ0) is 32.8. The second kappa shape index (κ2) is 12.0. The zero-order valence-electron chi connectivity index (χ0n) is 27.6. The molecule has 0 radical (unpaired) electrons. The highest BCUT2D eigenvalue weighted by molar-refractivity contribution is 5.85. The largest absolute Gasteiger partial charge is 0.458 e. The highest BCUT2D eigenvalue weighted by atomic mass is 16.7. The first kappa shape index (κ1) is 33.4. The molecule has 46 heavy (non-hydrogen) atoms. The van der Waals surface area contributed by atoms with E-state index in [0.717, 1.165) is 44.1 Å². The Balaban J connectivity index is 0.976. The molecular weight excluding hydrogens is 596 g/mol. The number of hydrogen-bond donors (Lipinski definition) is 5. The highest BCUT2D eigenvalue weighted by Gasteiger charge is 2.70. The summed E-state index contributed by atoms with van der Waals surface area (Å²) in [6.07, 6.45) is 2.09. The molecule has 17 atom stereocenters. The summed E-state index contributed by atoms with van der Waals surface area (Å²) in [5.74, 6) is 0.294. The molecule has 11 nitrogen and oxygen atoms in total. The van der Waals surface area contributed by atoms with Crippen molar-refractivity contribution in [2.75, 3.05) is 6.61 Å².